The van der Waals surface area contributed by atoms with E-state index in [1.54, 1.807) is 0 Å². The Labute approximate surface area is 130 Å². The molecule has 1 aromatic carbocycles. The van der Waals surface area contributed by atoms with E-state index in [1.807, 2.05) is 35.2 Å². The lowest BCUT2D eigenvalue weighted by Crippen LogP contribution is -2.41. The van der Waals surface area contributed by atoms with E-state index in [0.717, 1.165) is 17.7 Å². The predicted octanol–water partition coefficient (Wildman–Crippen LogP) is 4.27. The highest BCUT2D eigenvalue weighted by Gasteiger charge is 2.43. The van der Waals surface area contributed by atoms with Crippen molar-refractivity contribution in [3.63, 3.8) is 0 Å². The number of benzene rings is 1. The van der Waals surface area contributed by atoms with Crippen LogP contribution in [0, 0.1) is 5.92 Å². The number of hydrogen-bond donors (Lipinski definition) is 1. The number of likely N-dealkylation sites (tertiary alicyclic amines) is 1. The number of rotatable bonds is 3. The maximum atomic E-state index is 13.4. The van der Waals surface area contributed by atoms with Gasteiger partial charge >= 0.3 is 0 Å². The number of nitrogens with zero attached hydrogens (tertiary/aromatic N) is 1. The molecule has 2 nitrogen and oxygen atoms in total. The summed E-state index contributed by atoms with van der Waals surface area (Å²) in [5.41, 5.74) is 1.78. The third-order valence-corrected chi connectivity index (χ3v) is 5.12. The van der Waals surface area contributed by atoms with E-state index in [2.05, 4.69) is 6.58 Å². The SMILES string of the molecule is C=C(c1ccccc1)N1C(O)CC[C@H]1C1CCC(F)(F)CC1. The zero-order valence-electron chi connectivity index (χ0n) is 12.7. The molecule has 2 fully saturated rings. The number of aliphatic hydroxyl groups excluding tert-OH is 1. The van der Waals surface area contributed by atoms with E-state index in [9.17, 15) is 13.9 Å². The summed E-state index contributed by atoms with van der Waals surface area (Å²) in [5.74, 6) is -2.29. The summed E-state index contributed by atoms with van der Waals surface area (Å²) in [7, 11) is 0. The lowest BCUT2D eigenvalue weighted by molar-refractivity contribution is -0.0560. The molecule has 0 radical (unpaired) electrons. The number of alkyl halides is 2. The molecule has 0 bridgehead atoms. The zero-order valence-corrected chi connectivity index (χ0v) is 12.7. The van der Waals surface area contributed by atoms with Crippen molar-refractivity contribution in [1.82, 2.24) is 4.90 Å². The Hall–Kier alpha value is -1.42. The molecule has 120 valence electrons. The van der Waals surface area contributed by atoms with Crippen LogP contribution in [0.2, 0.25) is 0 Å². The second kappa shape index (κ2) is 5.99. The van der Waals surface area contributed by atoms with Gasteiger partial charge in [0.15, 0.2) is 0 Å². The minimum absolute atomic E-state index is 0.0318. The van der Waals surface area contributed by atoms with Gasteiger partial charge in [-0.2, -0.15) is 0 Å². The van der Waals surface area contributed by atoms with Gasteiger partial charge in [0, 0.05) is 24.6 Å². The van der Waals surface area contributed by atoms with Gasteiger partial charge in [-0.15, -0.1) is 0 Å². The monoisotopic (exact) mass is 307 g/mol. The van der Waals surface area contributed by atoms with E-state index in [1.165, 1.54) is 0 Å². The zero-order chi connectivity index (χ0) is 15.7. The molecule has 4 heteroatoms. The highest BCUT2D eigenvalue weighted by atomic mass is 19.3. The van der Waals surface area contributed by atoms with E-state index >= 15 is 0 Å². The van der Waals surface area contributed by atoms with Crippen LogP contribution < -0.4 is 0 Å². The lowest BCUT2D eigenvalue weighted by atomic mass is 9.81. The summed E-state index contributed by atoms with van der Waals surface area (Å²) in [4.78, 5) is 1.96. The van der Waals surface area contributed by atoms with Gasteiger partial charge in [-0.1, -0.05) is 36.9 Å². The second-order valence-electron chi connectivity index (χ2n) is 6.54. The van der Waals surface area contributed by atoms with Crippen LogP contribution >= 0.6 is 0 Å². The van der Waals surface area contributed by atoms with Crippen LogP contribution in [-0.4, -0.2) is 28.2 Å². The molecular weight excluding hydrogens is 284 g/mol. The fourth-order valence-electron chi connectivity index (χ4n) is 3.89. The Morgan fingerprint density at radius 1 is 1.09 bits per heavy atom. The molecule has 1 saturated carbocycles. The Balaban J connectivity index is 1.75. The number of hydrogen-bond acceptors (Lipinski definition) is 2. The van der Waals surface area contributed by atoms with Gasteiger partial charge in [0.05, 0.1) is 0 Å². The average molecular weight is 307 g/mol. The predicted molar refractivity (Wildman–Crippen MR) is 83.2 cm³/mol. The van der Waals surface area contributed by atoms with Gasteiger partial charge in [-0.25, -0.2) is 8.78 Å². The largest absolute Gasteiger partial charge is 0.374 e. The van der Waals surface area contributed by atoms with Crippen LogP contribution in [0.1, 0.15) is 44.1 Å². The highest BCUT2D eigenvalue weighted by Crippen LogP contribution is 2.43. The summed E-state index contributed by atoms with van der Waals surface area (Å²) in [6.07, 6.45) is 1.98. The lowest BCUT2D eigenvalue weighted by Gasteiger charge is -2.39. The van der Waals surface area contributed by atoms with Gasteiger partial charge in [0.1, 0.15) is 6.23 Å². The summed E-state index contributed by atoms with van der Waals surface area (Å²) in [6.45, 7) is 4.15. The molecule has 1 unspecified atom stereocenters. The Morgan fingerprint density at radius 2 is 1.73 bits per heavy atom. The van der Waals surface area contributed by atoms with Crippen molar-refractivity contribution in [2.24, 2.45) is 5.92 Å². The molecule has 0 aromatic heterocycles. The number of aliphatic hydroxyl groups is 1. The van der Waals surface area contributed by atoms with Gasteiger partial charge in [0.25, 0.3) is 0 Å². The van der Waals surface area contributed by atoms with Crippen LogP contribution in [-0.2, 0) is 0 Å². The van der Waals surface area contributed by atoms with Gasteiger partial charge in [0.2, 0.25) is 5.92 Å². The van der Waals surface area contributed by atoms with E-state index in [-0.39, 0.29) is 24.8 Å². The highest BCUT2D eigenvalue weighted by molar-refractivity contribution is 5.62. The first-order valence-corrected chi connectivity index (χ1v) is 8.06. The third kappa shape index (κ3) is 3.02. The van der Waals surface area contributed by atoms with Crippen molar-refractivity contribution < 1.29 is 13.9 Å². The molecule has 0 spiro atoms. The van der Waals surface area contributed by atoms with Crippen LogP contribution in [0.3, 0.4) is 0 Å². The quantitative estimate of drug-likeness (QED) is 0.901. The fraction of sp³-hybridized carbons (Fsp3) is 0.556. The topological polar surface area (TPSA) is 23.5 Å². The van der Waals surface area contributed by atoms with E-state index in [0.29, 0.717) is 19.3 Å². The first-order chi connectivity index (χ1) is 10.5. The standard InChI is InChI=1S/C18H23F2NO/c1-13(14-5-3-2-4-6-14)21-16(7-8-17(21)22)15-9-11-18(19,20)12-10-15/h2-6,15-17,22H,1,7-12H2/t16-,17?/m0/s1. The molecule has 0 amide bonds. The minimum atomic E-state index is -2.50. The average Bonchev–Trinajstić information content (AvgIpc) is 2.89. The van der Waals surface area contributed by atoms with Crippen LogP contribution in [0.4, 0.5) is 8.78 Å². The van der Waals surface area contributed by atoms with E-state index < -0.39 is 12.2 Å². The minimum Gasteiger partial charge on any atom is -0.374 e. The Morgan fingerprint density at radius 3 is 2.36 bits per heavy atom. The fourth-order valence-corrected chi connectivity index (χ4v) is 3.89. The molecule has 2 atom stereocenters. The van der Waals surface area contributed by atoms with Crippen LogP contribution in [0.5, 0.6) is 0 Å². The van der Waals surface area contributed by atoms with Crippen molar-refractivity contribution in [1.29, 1.82) is 0 Å². The van der Waals surface area contributed by atoms with Gasteiger partial charge in [-0.05, 0) is 37.2 Å². The van der Waals surface area contributed by atoms with Gasteiger partial charge < -0.3 is 10.0 Å². The molecule has 2 aliphatic rings. The summed E-state index contributed by atoms with van der Waals surface area (Å²) in [6, 6.07) is 9.90. The molecule has 1 aromatic rings. The van der Waals surface area contributed by atoms with Crippen molar-refractivity contribution in [3.8, 4) is 0 Å². The van der Waals surface area contributed by atoms with Crippen molar-refractivity contribution in [3.05, 3.63) is 42.5 Å². The van der Waals surface area contributed by atoms with Crippen LogP contribution in [0.15, 0.2) is 36.9 Å². The van der Waals surface area contributed by atoms with Crippen LogP contribution in [0.25, 0.3) is 5.70 Å². The normalized spacial score (nSPS) is 28.8. The molecule has 1 aliphatic heterocycles. The number of halogens is 2. The van der Waals surface area contributed by atoms with Crippen molar-refractivity contribution in [2.75, 3.05) is 0 Å². The second-order valence-corrected chi connectivity index (χ2v) is 6.54. The van der Waals surface area contributed by atoms with E-state index in [4.69, 9.17) is 0 Å². The molecule has 1 heterocycles. The molecule has 1 saturated heterocycles. The first kappa shape index (κ1) is 15.5. The molecule has 1 aliphatic carbocycles. The van der Waals surface area contributed by atoms with Gasteiger partial charge in [-0.3, -0.25) is 0 Å². The van der Waals surface area contributed by atoms with Crippen molar-refractivity contribution in [2.45, 2.75) is 56.7 Å². The Kier molecular flexibility index (Phi) is 4.22. The smallest absolute Gasteiger partial charge is 0.248 e. The molecule has 22 heavy (non-hydrogen) atoms. The molecule has 1 N–H and O–H groups in total. The molecular formula is C18H23F2NO. The summed E-state index contributed by atoms with van der Waals surface area (Å²) >= 11 is 0. The first-order valence-electron chi connectivity index (χ1n) is 8.06. The maximum Gasteiger partial charge on any atom is 0.248 e. The summed E-state index contributed by atoms with van der Waals surface area (Å²) in [5, 5.41) is 10.3. The third-order valence-electron chi connectivity index (χ3n) is 5.12. The summed E-state index contributed by atoms with van der Waals surface area (Å²) < 4.78 is 26.8. The molecule has 3 rings (SSSR count). The maximum absolute atomic E-state index is 13.4. The van der Waals surface area contributed by atoms with Crippen molar-refractivity contribution >= 4 is 5.70 Å². The Bertz CT molecular complexity index is 521.